The van der Waals surface area contributed by atoms with Crippen LogP contribution in [0, 0.1) is 5.82 Å². The Morgan fingerprint density at radius 1 is 1.20 bits per heavy atom. The molecule has 0 saturated heterocycles. The summed E-state index contributed by atoms with van der Waals surface area (Å²) in [5.41, 5.74) is 4.84. The first-order valence-electron chi connectivity index (χ1n) is 8.47. The second kappa shape index (κ2) is 9.21. The average Bonchev–Trinajstić information content (AvgIpc) is 3.08. The number of nitrogens with one attached hydrogen (secondary N) is 2. The van der Waals surface area contributed by atoms with Gasteiger partial charge in [-0.1, -0.05) is 23.7 Å². The lowest BCUT2D eigenvalue weighted by Gasteiger charge is -2.09. The predicted octanol–water partition coefficient (Wildman–Crippen LogP) is 5.32. The van der Waals surface area contributed by atoms with E-state index in [1.807, 2.05) is 0 Å². The normalized spacial score (nSPS) is 11.2. The molecular formula is C20H15ClFN3O3S2. The molecular weight excluding hydrogens is 449 g/mol. The standard InChI is InChI=1S/C20H15ClFN3O3S2/c1-10(15-9-30-18(17(15)26)11-2-4-12(22)5-3-11)24-25-20(29)23-13-6-7-14(19(27)28)16(21)8-13/h2-9,26H,1H3,(H,27,28)(H2,23,25,29). The molecule has 154 valence electrons. The summed E-state index contributed by atoms with van der Waals surface area (Å²) in [5, 5.41) is 28.5. The zero-order chi connectivity index (χ0) is 21.8. The van der Waals surface area contributed by atoms with Gasteiger partial charge in [-0.15, -0.1) is 11.3 Å². The number of carbonyl (C=O) groups is 1. The molecule has 10 heteroatoms. The van der Waals surface area contributed by atoms with Gasteiger partial charge < -0.3 is 15.5 Å². The highest BCUT2D eigenvalue weighted by molar-refractivity contribution is 7.80. The number of aromatic carboxylic acids is 1. The Bertz CT molecular complexity index is 1150. The molecule has 0 atom stereocenters. The highest BCUT2D eigenvalue weighted by atomic mass is 35.5. The molecule has 4 N–H and O–H groups in total. The third-order valence-corrected chi connectivity index (χ3v) is 5.57. The number of rotatable bonds is 5. The van der Waals surface area contributed by atoms with E-state index >= 15 is 0 Å². The first-order valence-corrected chi connectivity index (χ1v) is 10.1. The molecule has 0 saturated carbocycles. The molecule has 1 heterocycles. The molecule has 6 nitrogen and oxygen atoms in total. The van der Waals surface area contributed by atoms with Gasteiger partial charge in [0.15, 0.2) is 5.11 Å². The van der Waals surface area contributed by atoms with Gasteiger partial charge in [-0.2, -0.15) is 5.10 Å². The van der Waals surface area contributed by atoms with Gasteiger partial charge in [-0.25, -0.2) is 9.18 Å². The Kier molecular flexibility index (Phi) is 6.66. The van der Waals surface area contributed by atoms with Crippen LogP contribution in [-0.2, 0) is 0 Å². The van der Waals surface area contributed by atoms with E-state index < -0.39 is 5.97 Å². The summed E-state index contributed by atoms with van der Waals surface area (Å²) in [6, 6.07) is 10.2. The maximum Gasteiger partial charge on any atom is 0.337 e. The van der Waals surface area contributed by atoms with Crippen LogP contribution in [0.5, 0.6) is 5.75 Å². The van der Waals surface area contributed by atoms with E-state index in [4.69, 9.17) is 28.9 Å². The highest BCUT2D eigenvalue weighted by Gasteiger charge is 2.15. The van der Waals surface area contributed by atoms with E-state index in [1.54, 1.807) is 24.4 Å². The van der Waals surface area contributed by atoms with Crippen LogP contribution in [0.15, 0.2) is 52.9 Å². The van der Waals surface area contributed by atoms with Crippen LogP contribution in [0.3, 0.4) is 0 Å². The Morgan fingerprint density at radius 3 is 2.53 bits per heavy atom. The molecule has 0 radical (unpaired) electrons. The number of hydrogen-bond donors (Lipinski definition) is 4. The van der Waals surface area contributed by atoms with Crippen molar-refractivity contribution in [1.29, 1.82) is 0 Å². The molecule has 3 rings (SSSR count). The van der Waals surface area contributed by atoms with Gasteiger partial charge in [0, 0.05) is 11.1 Å². The van der Waals surface area contributed by atoms with Gasteiger partial charge in [0.05, 0.1) is 26.7 Å². The number of aromatic hydroxyl groups is 1. The number of carboxylic acids is 1. The first-order chi connectivity index (χ1) is 14.3. The van der Waals surface area contributed by atoms with Crippen LogP contribution < -0.4 is 10.7 Å². The number of thiophene rings is 1. The van der Waals surface area contributed by atoms with Gasteiger partial charge in [0.2, 0.25) is 0 Å². The van der Waals surface area contributed by atoms with E-state index in [9.17, 15) is 14.3 Å². The van der Waals surface area contributed by atoms with Crippen molar-refractivity contribution in [2.24, 2.45) is 5.10 Å². The van der Waals surface area contributed by atoms with E-state index in [2.05, 4.69) is 15.8 Å². The van der Waals surface area contributed by atoms with Gasteiger partial charge in [0.25, 0.3) is 0 Å². The van der Waals surface area contributed by atoms with Crippen LogP contribution in [-0.4, -0.2) is 27.0 Å². The van der Waals surface area contributed by atoms with E-state index in [0.29, 0.717) is 27.4 Å². The summed E-state index contributed by atoms with van der Waals surface area (Å²) in [6.45, 7) is 1.70. The molecule has 2 aromatic carbocycles. The minimum atomic E-state index is -1.12. The van der Waals surface area contributed by atoms with E-state index in [1.165, 1.54) is 41.7 Å². The van der Waals surface area contributed by atoms with Crippen molar-refractivity contribution in [1.82, 2.24) is 5.43 Å². The highest BCUT2D eigenvalue weighted by Crippen LogP contribution is 2.38. The van der Waals surface area contributed by atoms with Crippen molar-refractivity contribution < 1.29 is 19.4 Å². The molecule has 0 unspecified atom stereocenters. The topological polar surface area (TPSA) is 94.0 Å². The molecule has 0 bridgehead atoms. The van der Waals surface area contributed by atoms with Crippen molar-refractivity contribution in [2.75, 3.05) is 5.32 Å². The quantitative estimate of drug-likeness (QED) is 0.232. The number of nitrogens with zero attached hydrogens (tertiary/aromatic N) is 1. The van der Waals surface area contributed by atoms with Crippen molar-refractivity contribution >= 4 is 57.6 Å². The summed E-state index contributed by atoms with van der Waals surface area (Å²) in [7, 11) is 0. The minimum Gasteiger partial charge on any atom is -0.506 e. The monoisotopic (exact) mass is 463 g/mol. The maximum atomic E-state index is 13.1. The van der Waals surface area contributed by atoms with Gasteiger partial charge >= 0.3 is 5.97 Å². The average molecular weight is 464 g/mol. The van der Waals surface area contributed by atoms with Gasteiger partial charge in [0.1, 0.15) is 11.6 Å². The summed E-state index contributed by atoms with van der Waals surface area (Å²) in [5.74, 6) is -1.43. The number of benzene rings is 2. The summed E-state index contributed by atoms with van der Waals surface area (Å²) < 4.78 is 13.1. The number of carboxylic acid groups (broad SMARTS) is 1. The zero-order valence-corrected chi connectivity index (χ0v) is 17.8. The van der Waals surface area contributed by atoms with Crippen LogP contribution in [0.25, 0.3) is 10.4 Å². The Labute approximate surface area is 185 Å². The fraction of sp³-hybridized carbons (Fsp3) is 0.0500. The lowest BCUT2D eigenvalue weighted by atomic mass is 10.1. The minimum absolute atomic E-state index is 0.0140. The lowest BCUT2D eigenvalue weighted by Crippen LogP contribution is -2.25. The van der Waals surface area contributed by atoms with Crippen LogP contribution in [0.4, 0.5) is 10.1 Å². The smallest absolute Gasteiger partial charge is 0.337 e. The second-order valence-corrected chi connectivity index (χ2v) is 7.79. The molecule has 0 aliphatic rings. The zero-order valence-electron chi connectivity index (χ0n) is 15.4. The Balaban J connectivity index is 1.69. The molecule has 0 aliphatic carbocycles. The Morgan fingerprint density at radius 2 is 1.90 bits per heavy atom. The molecule has 0 aliphatic heterocycles. The van der Waals surface area contributed by atoms with Gasteiger partial charge in [-0.05, 0) is 55.0 Å². The summed E-state index contributed by atoms with van der Waals surface area (Å²) in [4.78, 5) is 11.6. The number of anilines is 1. The SMILES string of the molecule is CC(=NNC(=S)Nc1ccc(C(=O)O)c(Cl)c1)c1csc(-c2ccc(F)cc2)c1O. The Hall–Kier alpha value is -3.01. The van der Waals surface area contributed by atoms with Crippen molar-refractivity contribution in [2.45, 2.75) is 6.92 Å². The van der Waals surface area contributed by atoms with E-state index in [0.717, 1.165) is 0 Å². The number of hydrazone groups is 1. The molecule has 0 amide bonds. The first kappa shape index (κ1) is 21.7. The predicted molar refractivity (Wildman–Crippen MR) is 121 cm³/mol. The maximum absolute atomic E-state index is 13.1. The number of halogens is 2. The molecule has 30 heavy (non-hydrogen) atoms. The molecule has 3 aromatic rings. The largest absolute Gasteiger partial charge is 0.506 e. The van der Waals surface area contributed by atoms with Crippen LogP contribution in [0.2, 0.25) is 5.02 Å². The third kappa shape index (κ3) is 4.93. The van der Waals surface area contributed by atoms with Crippen molar-refractivity contribution in [3.8, 4) is 16.2 Å². The number of hydrogen-bond acceptors (Lipinski definition) is 5. The van der Waals surface area contributed by atoms with Gasteiger partial charge in [-0.3, -0.25) is 5.43 Å². The summed E-state index contributed by atoms with van der Waals surface area (Å²) in [6.07, 6.45) is 0. The molecule has 0 spiro atoms. The van der Waals surface area contributed by atoms with Crippen molar-refractivity contribution in [3.05, 3.63) is 69.8 Å². The molecule has 0 fully saturated rings. The van der Waals surface area contributed by atoms with E-state index in [-0.39, 0.29) is 27.3 Å². The second-order valence-electron chi connectivity index (χ2n) is 6.10. The lowest BCUT2D eigenvalue weighted by molar-refractivity contribution is 0.0697. The van der Waals surface area contributed by atoms with Crippen LogP contribution >= 0.6 is 35.2 Å². The number of thiocarbonyl (C=S) groups is 1. The van der Waals surface area contributed by atoms with Crippen molar-refractivity contribution in [3.63, 3.8) is 0 Å². The summed E-state index contributed by atoms with van der Waals surface area (Å²) >= 11 is 12.4. The van der Waals surface area contributed by atoms with Crippen LogP contribution in [0.1, 0.15) is 22.8 Å². The fourth-order valence-electron chi connectivity index (χ4n) is 2.53. The fourth-order valence-corrected chi connectivity index (χ4v) is 3.97. The molecule has 1 aromatic heterocycles. The third-order valence-electron chi connectivity index (χ3n) is 4.04.